The second-order valence-electron chi connectivity index (χ2n) is 7.13. The van der Waals surface area contributed by atoms with Crippen LogP contribution < -0.4 is 5.73 Å². The van der Waals surface area contributed by atoms with Crippen LogP contribution in [0.2, 0.25) is 0 Å². The normalized spacial score (nSPS) is 16.5. The summed E-state index contributed by atoms with van der Waals surface area (Å²) >= 11 is 0. The highest BCUT2D eigenvalue weighted by Crippen LogP contribution is 2.18. The van der Waals surface area contributed by atoms with Crippen molar-refractivity contribution in [1.82, 2.24) is 0 Å². The zero-order valence-electron chi connectivity index (χ0n) is 18.2. The predicted octanol–water partition coefficient (Wildman–Crippen LogP) is 2.18. The largest absolute Gasteiger partial charge is 0.379 e. The average molecular weight is 430 g/mol. The summed E-state index contributed by atoms with van der Waals surface area (Å²) < 4.78 is 26.8. The maximum absolute atomic E-state index is 12.2. The third-order valence-electron chi connectivity index (χ3n) is 4.60. The molecule has 0 saturated carbocycles. The molecule has 0 radical (unpaired) electrons. The van der Waals surface area contributed by atoms with Crippen molar-refractivity contribution in [1.29, 1.82) is 0 Å². The molecule has 0 unspecified atom stereocenters. The van der Waals surface area contributed by atoms with Gasteiger partial charge in [0.2, 0.25) is 5.91 Å². The number of rotatable bonds is 19. The Morgan fingerprint density at radius 2 is 1.13 bits per heavy atom. The SMILES string of the molecule is NC(=O)CCOCCOCCOCCOCCOCCC(=O)/C1=C/CCCCCC1. The van der Waals surface area contributed by atoms with E-state index in [1.807, 2.05) is 0 Å². The summed E-state index contributed by atoms with van der Waals surface area (Å²) in [4.78, 5) is 22.7. The second kappa shape index (κ2) is 19.6. The van der Waals surface area contributed by atoms with E-state index in [4.69, 9.17) is 29.4 Å². The molecule has 1 amide bonds. The van der Waals surface area contributed by atoms with Crippen LogP contribution in [-0.2, 0) is 33.3 Å². The maximum Gasteiger partial charge on any atom is 0.219 e. The molecule has 174 valence electrons. The van der Waals surface area contributed by atoms with Crippen molar-refractivity contribution in [2.75, 3.05) is 66.1 Å². The Labute approximate surface area is 180 Å². The van der Waals surface area contributed by atoms with Gasteiger partial charge in [0, 0.05) is 12.8 Å². The number of primary amides is 1. The molecule has 0 spiro atoms. The lowest BCUT2D eigenvalue weighted by atomic mass is 9.96. The van der Waals surface area contributed by atoms with Crippen molar-refractivity contribution in [2.24, 2.45) is 5.73 Å². The van der Waals surface area contributed by atoms with Gasteiger partial charge in [-0.2, -0.15) is 0 Å². The molecule has 0 fully saturated rings. The van der Waals surface area contributed by atoms with Gasteiger partial charge in [-0.15, -0.1) is 0 Å². The Morgan fingerprint density at radius 3 is 1.67 bits per heavy atom. The Kier molecular flexibility index (Phi) is 17.5. The molecule has 0 aromatic rings. The smallest absolute Gasteiger partial charge is 0.219 e. The second-order valence-corrected chi connectivity index (χ2v) is 7.13. The van der Waals surface area contributed by atoms with Crippen LogP contribution in [-0.4, -0.2) is 77.8 Å². The minimum Gasteiger partial charge on any atom is -0.379 e. The molecule has 0 saturated heterocycles. The van der Waals surface area contributed by atoms with Crippen LogP contribution in [0.4, 0.5) is 0 Å². The van der Waals surface area contributed by atoms with Gasteiger partial charge in [-0.3, -0.25) is 9.59 Å². The molecule has 0 aliphatic heterocycles. The molecule has 8 heteroatoms. The van der Waals surface area contributed by atoms with Gasteiger partial charge in [0.15, 0.2) is 5.78 Å². The van der Waals surface area contributed by atoms with Crippen LogP contribution in [0.3, 0.4) is 0 Å². The Morgan fingerprint density at radius 1 is 0.667 bits per heavy atom. The molecule has 1 aliphatic rings. The van der Waals surface area contributed by atoms with E-state index in [0.717, 1.165) is 24.8 Å². The monoisotopic (exact) mass is 429 g/mol. The summed E-state index contributed by atoms with van der Waals surface area (Å²) in [6.45, 7) is 4.56. The van der Waals surface area contributed by atoms with Gasteiger partial charge >= 0.3 is 0 Å². The summed E-state index contributed by atoms with van der Waals surface area (Å²) in [6.07, 6.45) is 9.55. The number of allylic oxidation sites excluding steroid dienone is 2. The Bertz CT molecular complexity index is 482. The van der Waals surface area contributed by atoms with E-state index in [9.17, 15) is 9.59 Å². The van der Waals surface area contributed by atoms with E-state index < -0.39 is 0 Å². The molecule has 0 bridgehead atoms. The van der Waals surface area contributed by atoms with Crippen LogP contribution in [0.1, 0.15) is 51.4 Å². The zero-order valence-corrected chi connectivity index (χ0v) is 18.2. The van der Waals surface area contributed by atoms with Gasteiger partial charge in [0.25, 0.3) is 0 Å². The van der Waals surface area contributed by atoms with Crippen LogP contribution in [0.25, 0.3) is 0 Å². The Balaban J connectivity index is 1.79. The van der Waals surface area contributed by atoms with Crippen molar-refractivity contribution in [3.63, 3.8) is 0 Å². The topological polar surface area (TPSA) is 106 Å². The number of carbonyl (C=O) groups is 2. The Hall–Kier alpha value is -1.32. The first kappa shape index (κ1) is 26.7. The fourth-order valence-electron chi connectivity index (χ4n) is 2.92. The van der Waals surface area contributed by atoms with E-state index >= 15 is 0 Å². The van der Waals surface area contributed by atoms with E-state index in [0.29, 0.717) is 72.5 Å². The summed E-state index contributed by atoms with van der Waals surface area (Å²) in [6, 6.07) is 0. The zero-order chi connectivity index (χ0) is 21.7. The van der Waals surface area contributed by atoms with E-state index in [1.54, 1.807) is 0 Å². The highest BCUT2D eigenvalue weighted by atomic mass is 16.6. The minimum absolute atomic E-state index is 0.227. The van der Waals surface area contributed by atoms with E-state index in [-0.39, 0.29) is 18.1 Å². The number of hydrogen-bond acceptors (Lipinski definition) is 7. The van der Waals surface area contributed by atoms with E-state index in [1.165, 1.54) is 19.3 Å². The van der Waals surface area contributed by atoms with Gasteiger partial charge in [-0.05, 0) is 31.3 Å². The standard InChI is InChI=1S/C22H39NO7/c23-22(25)9-11-27-13-15-29-17-19-30-18-16-28-14-12-26-10-8-21(24)20-6-4-2-1-3-5-7-20/h6H,1-5,7-19H2,(H2,23,25)/b20-6+. The van der Waals surface area contributed by atoms with Gasteiger partial charge in [0.05, 0.1) is 66.1 Å². The number of carbonyl (C=O) groups excluding carboxylic acids is 2. The van der Waals surface area contributed by atoms with Crippen molar-refractivity contribution in [2.45, 2.75) is 51.4 Å². The first-order valence-electron chi connectivity index (χ1n) is 11.1. The van der Waals surface area contributed by atoms with Gasteiger partial charge in [-0.25, -0.2) is 0 Å². The first-order valence-corrected chi connectivity index (χ1v) is 11.1. The molecule has 1 aliphatic carbocycles. The molecule has 0 aromatic heterocycles. The molecule has 30 heavy (non-hydrogen) atoms. The highest BCUT2D eigenvalue weighted by Gasteiger charge is 2.10. The first-order chi connectivity index (χ1) is 14.7. The van der Waals surface area contributed by atoms with Crippen LogP contribution in [0, 0.1) is 0 Å². The molecular weight excluding hydrogens is 390 g/mol. The number of Topliss-reactive ketones (excluding diaryl/α,β-unsaturated/α-hetero) is 1. The number of amides is 1. The van der Waals surface area contributed by atoms with Gasteiger partial charge in [-0.1, -0.05) is 18.9 Å². The predicted molar refractivity (Wildman–Crippen MR) is 113 cm³/mol. The van der Waals surface area contributed by atoms with Crippen molar-refractivity contribution >= 4 is 11.7 Å². The van der Waals surface area contributed by atoms with Crippen LogP contribution in [0.5, 0.6) is 0 Å². The maximum atomic E-state index is 12.2. The van der Waals surface area contributed by atoms with E-state index in [2.05, 4.69) is 6.08 Å². The molecule has 0 heterocycles. The third-order valence-corrected chi connectivity index (χ3v) is 4.60. The average Bonchev–Trinajstić information content (AvgIpc) is 2.69. The lowest BCUT2D eigenvalue weighted by Gasteiger charge is -2.11. The molecule has 0 atom stereocenters. The highest BCUT2D eigenvalue weighted by molar-refractivity contribution is 5.95. The number of ketones is 1. The molecular formula is C22H39NO7. The lowest BCUT2D eigenvalue weighted by Crippen LogP contribution is -2.16. The van der Waals surface area contributed by atoms with Crippen LogP contribution >= 0.6 is 0 Å². The molecule has 8 nitrogen and oxygen atoms in total. The summed E-state index contributed by atoms with van der Waals surface area (Å²) in [7, 11) is 0. The summed E-state index contributed by atoms with van der Waals surface area (Å²) in [5.74, 6) is -0.142. The minimum atomic E-state index is -0.369. The van der Waals surface area contributed by atoms with Crippen LogP contribution in [0.15, 0.2) is 11.6 Å². The fraction of sp³-hybridized carbons (Fsp3) is 0.818. The van der Waals surface area contributed by atoms with Gasteiger partial charge < -0.3 is 29.4 Å². The molecule has 2 N–H and O–H groups in total. The fourth-order valence-corrected chi connectivity index (χ4v) is 2.92. The quantitative estimate of drug-likeness (QED) is 0.314. The third kappa shape index (κ3) is 16.5. The van der Waals surface area contributed by atoms with Crippen molar-refractivity contribution in [3.05, 3.63) is 11.6 Å². The van der Waals surface area contributed by atoms with Crippen molar-refractivity contribution in [3.8, 4) is 0 Å². The number of nitrogens with two attached hydrogens (primary N) is 1. The lowest BCUT2D eigenvalue weighted by molar-refractivity contribution is -0.119. The summed E-state index contributed by atoms with van der Waals surface area (Å²) in [5.41, 5.74) is 5.99. The summed E-state index contributed by atoms with van der Waals surface area (Å²) in [5, 5.41) is 0. The molecule has 0 aromatic carbocycles. The molecule has 1 rings (SSSR count). The number of ether oxygens (including phenoxy) is 5. The number of hydrogen-bond donors (Lipinski definition) is 1. The van der Waals surface area contributed by atoms with Crippen molar-refractivity contribution < 1.29 is 33.3 Å². The van der Waals surface area contributed by atoms with Gasteiger partial charge in [0.1, 0.15) is 0 Å².